The van der Waals surface area contributed by atoms with Crippen LogP contribution < -0.4 is 10.6 Å². The van der Waals surface area contributed by atoms with Crippen LogP contribution in [0.2, 0.25) is 0 Å². The third kappa shape index (κ3) is 4.11. The van der Waals surface area contributed by atoms with Gasteiger partial charge in [0.05, 0.1) is 6.04 Å². The van der Waals surface area contributed by atoms with Gasteiger partial charge in [-0.3, -0.25) is 4.79 Å². The molecule has 0 spiro atoms. The van der Waals surface area contributed by atoms with Crippen LogP contribution >= 0.6 is 0 Å². The Hall–Kier alpha value is -1.49. The predicted octanol–water partition coefficient (Wildman–Crippen LogP) is 1.75. The van der Waals surface area contributed by atoms with Crippen molar-refractivity contribution in [3.05, 3.63) is 35.4 Å². The Morgan fingerprint density at radius 2 is 2.12 bits per heavy atom. The maximum atomic E-state index is 13.4. The molecule has 3 nitrogen and oxygen atoms in total. The van der Waals surface area contributed by atoms with Crippen LogP contribution in [0, 0.1) is 11.6 Å². The molecule has 94 valence electrons. The van der Waals surface area contributed by atoms with Crippen LogP contribution in [0.1, 0.15) is 24.9 Å². The molecule has 0 aliphatic heterocycles. The molecule has 0 fully saturated rings. The lowest BCUT2D eigenvalue weighted by atomic mass is 10.1. The molecule has 1 aromatic rings. The van der Waals surface area contributed by atoms with Crippen LogP contribution in [0.25, 0.3) is 0 Å². The minimum absolute atomic E-state index is 0.155. The molecule has 1 aromatic carbocycles. The molecule has 5 heteroatoms. The van der Waals surface area contributed by atoms with Crippen molar-refractivity contribution in [2.45, 2.75) is 19.4 Å². The summed E-state index contributed by atoms with van der Waals surface area (Å²) in [7, 11) is 1.74. The van der Waals surface area contributed by atoms with Crippen LogP contribution in [0.3, 0.4) is 0 Å². The molecule has 0 bridgehead atoms. The summed E-state index contributed by atoms with van der Waals surface area (Å²) in [5, 5.41) is 5.45. The van der Waals surface area contributed by atoms with Gasteiger partial charge in [0.1, 0.15) is 11.6 Å². The molecule has 17 heavy (non-hydrogen) atoms. The predicted molar refractivity (Wildman–Crippen MR) is 61.5 cm³/mol. The molecular weight excluding hydrogens is 226 g/mol. The number of carbonyl (C=O) groups excluding carboxylic acids is 1. The molecule has 0 aromatic heterocycles. The normalized spacial score (nSPS) is 12.2. The number of nitrogens with one attached hydrogen (secondary N) is 2. The summed E-state index contributed by atoms with van der Waals surface area (Å²) in [5.41, 5.74) is 0.155. The number of benzene rings is 1. The van der Waals surface area contributed by atoms with Crippen molar-refractivity contribution in [2.24, 2.45) is 0 Å². The van der Waals surface area contributed by atoms with E-state index in [0.717, 1.165) is 18.2 Å². The summed E-state index contributed by atoms with van der Waals surface area (Å²) in [6.07, 6.45) is 0.303. The van der Waals surface area contributed by atoms with Gasteiger partial charge in [-0.2, -0.15) is 0 Å². The van der Waals surface area contributed by atoms with E-state index in [-0.39, 0.29) is 11.5 Å². The van der Waals surface area contributed by atoms with Crippen LogP contribution in [0.15, 0.2) is 18.2 Å². The van der Waals surface area contributed by atoms with Crippen molar-refractivity contribution in [2.75, 3.05) is 13.6 Å². The highest BCUT2D eigenvalue weighted by atomic mass is 19.1. The number of carbonyl (C=O) groups is 1. The Morgan fingerprint density at radius 1 is 1.41 bits per heavy atom. The van der Waals surface area contributed by atoms with E-state index in [1.165, 1.54) is 0 Å². The topological polar surface area (TPSA) is 41.1 Å². The Morgan fingerprint density at radius 3 is 2.76 bits per heavy atom. The molecule has 0 saturated carbocycles. The first-order chi connectivity index (χ1) is 8.04. The summed E-state index contributed by atoms with van der Waals surface area (Å²) >= 11 is 0. The Kier molecular flexibility index (Phi) is 5.03. The van der Waals surface area contributed by atoms with Gasteiger partial charge in [0.25, 0.3) is 0 Å². The van der Waals surface area contributed by atoms with Gasteiger partial charge < -0.3 is 10.6 Å². The third-order valence-electron chi connectivity index (χ3n) is 2.40. The second-order valence-electron chi connectivity index (χ2n) is 3.81. The van der Waals surface area contributed by atoms with Crippen LogP contribution in [-0.2, 0) is 4.79 Å². The number of hydrogen-bond acceptors (Lipinski definition) is 2. The Labute approximate surface area is 99.2 Å². The second-order valence-corrected chi connectivity index (χ2v) is 3.81. The molecule has 0 aliphatic carbocycles. The summed E-state index contributed by atoms with van der Waals surface area (Å²) in [6, 6.07) is 2.66. The monoisotopic (exact) mass is 242 g/mol. The number of rotatable bonds is 5. The summed E-state index contributed by atoms with van der Waals surface area (Å²) < 4.78 is 26.4. The van der Waals surface area contributed by atoms with E-state index < -0.39 is 17.7 Å². The SMILES string of the molecule is CNCCC(=O)NC(C)c1cc(F)ccc1F. The molecule has 2 N–H and O–H groups in total. The van der Waals surface area contributed by atoms with E-state index in [4.69, 9.17) is 0 Å². The highest BCUT2D eigenvalue weighted by molar-refractivity contribution is 5.76. The quantitative estimate of drug-likeness (QED) is 0.826. The highest BCUT2D eigenvalue weighted by Gasteiger charge is 2.14. The molecule has 1 atom stereocenters. The zero-order valence-electron chi connectivity index (χ0n) is 9.89. The molecule has 0 radical (unpaired) electrons. The molecule has 1 amide bonds. The lowest BCUT2D eigenvalue weighted by Gasteiger charge is -2.15. The Bertz CT molecular complexity index is 396. The van der Waals surface area contributed by atoms with E-state index in [9.17, 15) is 13.6 Å². The van der Waals surface area contributed by atoms with Crippen molar-refractivity contribution in [1.29, 1.82) is 0 Å². The van der Waals surface area contributed by atoms with Gasteiger partial charge in [-0.1, -0.05) is 0 Å². The number of hydrogen-bond donors (Lipinski definition) is 2. The molecule has 0 saturated heterocycles. The molecule has 1 unspecified atom stereocenters. The first kappa shape index (κ1) is 13.6. The van der Waals surface area contributed by atoms with Gasteiger partial charge in [0, 0.05) is 18.5 Å². The van der Waals surface area contributed by atoms with Crippen molar-refractivity contribution in [3.63, 3.8) is 0 Å². The van der Waals surface area contributed by atoms with Crippen molar-refractivity contribution >= 4 is 5.91 Å². The Balaban J connectivity index is 2.66. The van der Waals surface area contributed by atoms with Gasteiger partial charge >= 0.3 is 0 Å². The summed E-state index contributed by atoms with van der Waals surface area (Å²) in [4.78, 5) is 11.4. The van der Waals surface area contributed by atoms with Gasteiger partial charge in [0.15, 0.2) is 0 Å². The van der Waals surface area contributed by atoms with Crippen LogP contribution in [0.4, 0.5) is 8.78 Å². The van der Waals surface area contributed by atoms with Crippen LogP contribution in [-0.4, -0.2) is 19.5 Å². The fourth-order valence-corrected chi connectivity index (χ4v) is 1.48. The average molecular weight is 242 g/mol. The third-order valence-corrected chi connectivity index (χ3v) is 2.40. The average Bonchev–Trinajstić information content (AvgIpc) is 2.29. The van der Waals surface area contributed by atoms with E-state index in [0.29, 0.717) is 13.0 Å². The van der Waals surface area contributed by atoms with Gasteiger partial charge in [-0.25, -0.2) is 8.78 Å². The van der Waals surface area contributed by atoms with E-state index in [1.54, 1.807) is 14.0 Å². The number of amides is 1. The largest absolute Gasteiger partial charge is 0.349 e. The zero-order chi connectivity index (χ0) is 12.8. The maximum absolute atomic E-state index is 13.4. The second kappa shape index (κ2) is 6.30. The van der Waals surface area contributed by atoms with Crippen molar-refractivity contribution in [1.82, 2.24) is 10.6 Å². The lowest BCUT2D eigenvalue weighted by molar-refractivity contribution is -0.121. The van der Waals surface area contributed by atoms with Crippen molar-refractivity contribution in [3.8, 4) is 0 Å². The van der Waals surface area contributed by atoms with E-state index in [1.807, 2.05) is 0 Å². The van der Waals surface area contributed by atoms with Crippen molar-refractivity contribution < 1.29 is 13.6 Å². The van der Waals surface area contributed by atoms with Gasteiger partial charge in [-0.05, 0) is 32.2 Å². The first-order valence-corrected chi connectivity index (χ1v) is 5.43. The van der Waals surface area contributed by atoms with Gasteiger partial charge in [0.2, 0.25) is 5.91 Å². The number of halogens is 2. The highest BCUT2D eigenvalue weighted by Crippen LogP contribution is 2.17. The molecule has 0 heterocycles. The molecule has 0 aliphatic rings. The van der Waals surface area contributed by atoms with E-state index in [2.05, 4.69) is 10.6 Å². The molecular formula is C12H16F2N2O. The molecule has 1 rings (SSSR count). The fraction of sp³-hybridized carbons (Fsp3) is 0.417. The van der Waals surface area contributed by atoms with Gasteiger partial charge in [-0.15, -0.1) is 0 Å². The maximum Gasteiger partial charge on any atom is 0.221 e. The summed E-state index contributed by atoms with van der Waals surface area (Å²) in [5.74, 6) is -1.24. The van der Waals surface area contributed by atoms with E-state index >= 15 is 0 Å². The zero-order valence-corrected chi connectivity index (χ0v) is 9.89. The fourth-order valence-electron chi connectivity index (χ4n) is 1.48. The smallest absolute Gasteiger partial charge is 0.221 e. The first-order valence-electron chi connectivity index (χ1n) is 5.43. The standard InChI is InChI=1S/C12H16F2N2O/c1-8(16-12(17)5-6-15-2)10-7-9(13)3-4-11(10)14/h3-4,7-8,15H,5-6H2,1-2H3,(H,16,17). The minimum Gasteiger partial charge on any atom is -0.349 e. The summed E-state index contributed by atoms with van der Waals surface area (Å²) in [6.45, 7) is 2.17. The lowest BCUT2D eigenvalue weighted by Crippen LogP contribution is -2.29. The minimum atomic E-state index is -0.546. The van der Waals surface area contributed by atoms with Crippen LogP contribution in [0.5, 0.6) is 0 Å².